The van der Waals surface area contributed by atoms with Crippen molar-refractivity contribution in [1.82, 2.24) is 15.3 Å². The average molecular weight is 330 g/mol. The van der Waals surface area contributed by atoms with Gasteiger partial charge in [0.05, 0.1) is 0 Å². The maximum absolute atomic E-state index is 12.0. The monoisotopic (exact) mass is 330 g/mol. The average Bonchev–Trinajstić information content (AvgIpc) is 3.06. The van der Waals surface area contributed by atoms with Gasteiger partial charge in [0.2, 0.25) is 11.9 Å². The van der Waals surface area contributed by atoms with Gasteiger partial charge in [-0.2, -0.15) is 0 Å². The summed E-state index contributed by atoms with van der Waals surface area (Å²) in [6.07, 6.45) is 3.53. The summed E-state index contributed by atoms with van der Waals surface area (Å²) in [5, 5.41) is 23.3. The molecule has 0 aliphatic carbocycles. The van der Waals surface area contributed by atoms with Crippen molar-refractivity contribution in [3.63, 3.8) is 0 Å². The summed E-state index contributed by atoms with van der Waals surface area (Å²) in [5.41, 5.74) is 0.195. The van der Waals surface area contributed by atoms with Crippen LogP contribution in [0, 0.1) is 0 Å². The van der Waals surface area contributed by atoms with Crippen molar-refractivity contribution in [2.45, 2.75) is 6.42 Å². The third kappa shape index (κ3) is 4.51. The van der Waals surface area contributed by atoms with Crippen LogP contribution in [-0.4, -0.2) is 51.8 Å². The third-order valence-corrected chi connectivity index (χ3v) is 3.15. The van der Waals surface area contributed by atoms with E-state index < -0.39 is 13.0 Å². The Morgan fingerprint density at radius 3 is 2.75 bits per heavy atom. The summed E-state index contributed by atoms with van der Waals surface area (Å²) in [6.45, 7) is 0.0895. The highest BCUT2D eigenvalue weighted by Crippen LogP contribution is 2.03. The lowest BCUT2D eigenvalue weighted by molar-refractivity contribution is -0.116. The zero-order valence-corrected chi connectivity index (χ0v) is 12.5. The molecule has 0 spiro atoms. The number of hydrogen-bond donors (Lipinski definition) is 5. The van der Waals surface area contributed by atoms with Crippen molar-refractivity contribution in [1.29, 1.82) is 0 Å². The van der Waals surface area contributed by atoms with Crippen LogP contribution in [0.2, 0.25) is 0 Å². The molecule has 2 rings (SSSR count). The molecule has 0 bridgehead atoms. The van der Waals surface area contributed by atoms with Gasteiger partial charge in [0.15, 0.2) is 0 Å². The Balaban J connectivity index is 1.88. The van der Waals surface area contributed by atoms with Gasteiger partial charge in [-0.3, -0.25) is 19.7 Å². The Morgan fingerprint density at radius 1 is 1.33 bits per heavy atom. The molecule has 0 aliphatic heterocycles. The molecule has 0 aliphatic rings. The molecule has 1 heterocycles. The van der Waals surface area contributed by atoms with E-state index >= 15 is 0 Å². The third-order valence-electron chi connectivity index (χ3n) is 3.15. The lowest BCUT2D eigenvalue weighted by Gasteiger charge is -2.08. The molecule has 1 aromatic carbocycles. The minimum Gasteiger partial charge on any atom is -0.423 e. The van der Waals surface area contributed by atoms with Crippen LogP contribution in [0.3, 0.4) is 0 Å². The van der Waals surface area contributed by atoms with E-state index in [-0.39, 0.29) is 35.5 Å². The fraction of sp³-hybridized carbons (Fsp3) is 0.143. The van der Waals surface area contributed by atoms with Crippen LogP contribution in [-0.2, 0) is 4.79 Å². The number of aromatic nitrogens is 2. The first-order valence-electron chi connectivity index (χ1n) is 7.04. The maximum atomic E-state index is 12.0. The molecule has 1 aromatic heterocycles. The van der Waals surface area contributed by atoms with E-state index in [0.29, 0.717) is 12.2 Å². The Kier molecular flexibility index (Phi) is 5.82. The van der Waals surface area contributed by atoms with Gasteiger partial charge >= 0.3 is 7.12 Å². The van der Waals surface area contributed by atoms with Crippen LogP contribution in [0.5, 0.6) is 0 Å². The van der Waals surface area contributed by atoms with E-state index in [1.54, 1.807) is 6.20 Å². The Bertz CT molecular complexity index is 733. The highest BCUT2D eigenvalue weighted by Gasteiger charge is 2.17. The van der Waals surface area contributed by atoms with E-state index in [1.807, 2.05) is 0 Å². The number of aldehydes is 1. The van der Waals surface area contributed by atoms with E-state index in [0.717, 1.165) is 0 Å². The van der Waals surface area contributed by atoms with Gasteiger partial charge in [0.25, 0.3) is 5.91 Å². The Labute approximate surface area is 137 Å². The number of H-pyrrole nitrogens is 1. The molecule has 124 valence electrons. The zero-order chi connectivity index (χ0) is 17.5. The van der Waals surface area contributed by atoms with Crippen molar-refractivity contribution in [2.24, 2.45) is 0 Å². The second kappa shape index (κ2) is 8.04. The molecule has 5 N–H and O–H groups in total. The number of carbonyl (C=O) groups is 3. The summed E-state index contributed by atoms with van der Waals surface area (Å²) < 4.78 is 0. The lowest BCUT2D eigenvalue weighted by atomic mass is 9.77. The molecular weight excluding hydrogens is 315 g/mol. The molecule has 0 fully saturated rings. The number of anilines is 1. The molecule has 0 unspecified atom stereocenters. The zero-order valence-electron chi connectivity index (χ0n) is 12.5. The Hall–Kier alpha value is -2.98. The van der Waals surface area contributed by atoms with Crippen molar-refractivity contribution in [2.75, 3.05) is 11.9 Å². The van der Waals surface area contributed by atoms with Crippen LogP contribution in [0.4, 0.5) is 5.95 Å². The van der Waals surface area contributed by atoms with E-state index in [2.05, 4.69) is 20.6 Å². The molecule has 0 saturated carbocycles. The van der Waals surface area contributed by atoms with E-state index in [1.165, 1.54) is 24.4 Å². The molecule has 0 radical (unpaired) electrons. The van der Waals surface area contributed by atoms with Gasteiger partial charge in [0.1, 0.15) is 6.29 Å². The van der Waals surface area contributed by atoms with Gasteiger partial charge in [-0.15, -0.1) is 0 Å². The van der Waals surface area contributed by atoms with Gasteiger partial charge in [0, 0.05) is 36.5 Å². The summed E-state index contributed by atoms with van der Waals surface area (Å²) in [6, 6.07) is 3.90. The number of benzene rings is 1. The predicted molar refractivity (Wildman–Crippen MR) is 85.8 cm³/mol. The normalized spacial score (nSPS) is 10.1. The van der Waals surface area contributed by atoms with E-state index in [4.69, 9.17) is 10.0 Å². The molecular formula is C14H15BN4O5. The van der Waals surface area contributed by atoms with Crippen molar-refractivity contribution >= 4 is 36.6 Å². The van der Waals surface area contributed by atoms with Crippen LogP contribution in [0.15, 0.2) is 30.6 Å². The highest BCUT2D eigenvalue weighted by molar-refractivity contribution is 6.60. The molecule has 0 saturated heterocycles. The fourth-order valence-electron chi connectivity index (χ4n) is 1.97. The standard InChI is InChI=1S/C14H15BN4O5/c20-8-10-7-9(1-2-11(10)15(23)24)13(22)16-4-3-12(21)19-14-17-5-6-18-14/h1-2,5-8,23-24H,3-4H2,(H,16,22)(H2,17,18,19,21). The van der Waals surface area contributed by atoms with Gasteiger partial charge in [-0.25, -0.2) is 4.98 Å². The van der Waals surface area contributed by atoms with Crippen LogP contribution in [0.1, 0.15) is 27.1 Å². The number of rotatable bonds is 7. The maximum Gasteiger partial charge on any atom is 0.489 e. The lowest BCUT2D eigenvalue weighted by Crippen LogP contribution is -2.34. The first kappa shape index (κ1) is 17.4. The van der Waals surface area contributed by atoms with Gasteiger partial charge in [-0.05, 0) is 17.6 Å². The molecule has 9 nitrogen and oxygen atoms in total. The van der Waals surface area contributed by atoms with Crippen molar-refractivity contribution in [3.8, 4) is 0 Å². The van der Waals surface area contributed by atoms with Crippen LogP contribution in [0.25, 0.3) is 0 Å². The van der Waals surface area contributed by atoms with Crippen LogP contribution >= 0.6 is 0 Å². The second-order valence-corrected chi connectivity index (χ2v) is 4.83. The number of aromatic amines is 1. The quantitative estimate of drug-likeness (QED) is 0.314. The topological polar surface area (TPSA) is 144 Å². The summed E-state index contributed by atoms with van der Waals surface area (Å²) >= 11 is 0. The number of amides is 2. The number of nitrogens with zero attached hydrogens (tertiary/aromatic N) is 1. The smallest absolute Gasteiger partial charge is 0.423 e. The second-order valence-electron chi connectivity index (χ2n) is 4.83. The highest BCUT2D eigenvalue weighted by atomic mass is 16.4. The molecule has 10 heteroatoms. The fourth-order valence-corrected chi connectivity index (χ4v) is 1.97. The first-order chi connectivity index (χ1) is 11.5. The summed E-state index contributed by atoms with van der Waals surface area (Å²) in [7, 11) is -1.80. The van der Waals surface area contributed by atoms with E-state index in [9.17, 15) is 14.4 Å². The molecule has 24 heavy (non-hydrogen) atoms. The molecule has 0 atom stereocenters. The van der Waals surface area contributed by atoms with Crippen molar-refractivity contribution < 1.29 is 24.4 Å². The number of carbonyl (C=O) groups excluding carboxylic acids is 3. The van der Waals surface area contributed by atoms with Crippen molar-refractivity contribution in [3.05, 3.63) is 41.7 Å². The first-order valence-corrected chi connectivity index (χ1v) is 7.04. The van der Waals surface area contributed by atoms with Gasteiger partial charge < -0.3 is 20.3 Å². The molecule has 2 aromatic rings. The minimum atomic E-state index is -1.80. The molecule has 2 amide bonds. The summed E-state index contributed by atoms with van der Waals surface area (Å²) in [5.74, 6) is -0.486. The largest absolute Gasteiger partial charge is 0.489 e. The predicted octanol–water partition coefficient (Wildman–Crippen LogP) is -1.34. The number of nitrogens with one attached hydrogen (secondary N) is 3. The number of hydrogen-bond acceptors (Lipinski definition) is 6. The minimum absolute atomic E-state index is 0.00760. The number of imidazole rings is 1. The summed E-state index contributed by atoms with van der Waals surface area (Å²) in [4.78, 5) is 41.1. The van der Waals surface area contributed by atoms with Crippen LogP contribution < -0.4 is 16.1 Å². The SMILES string of the molecule is O=Cc1cc(C(=O)NCCC(=O)Nc2ncc[nH]2)ccc1B(O)O. The van der Waals surface area contributed by atoms with Gasteiger partial charge in [-0.1, -0.05) is 6.07 Å². The Morgan fingerprint density at radius 2 is 2.12 bits per heavy atom.